The fourth-order valence-electron chi connectivity index (χ4n) is 3.28. The second-order valence-electron chi connectivity index (χ2n) is 6.40. The van der Waals surface area contributed by atoms with Crippen LogP contribution in [0.3, 0.4) is 0 Å². The monoisotopic (exact) mass is 344 g/mol. The van der Waals surface area contributed by atoms with Crippen LogP contribution in [0, 0.1) is 0 Å². The van der Waals surface area contributed by atoms with Gasteiger partial charge in [0.1, 0.15) is 25.4 Å². The van der Waals surface area contributed by atoms with Gasteiger partial charge in [0.2, 0.25) is 5.36 Å². The summed E-state index contributed by atoms with van der Waals surface area (Å²) in [5, 5.41) is 11.6. The predicted molar refractivity (Wildman–Crippen MR) is 102 cm³/mol. The molecule has 0 fully saturated rings. The van der Waals surface area contributed by atoms with E-state index < -0.39 is 5.97 Å². The van der Waals surface area contributed by atoms with Crippen LogP contribution in [0.25, 0.3) is 33.4 Å². The Morgan fingerprint density at radius 1 is 0.923 bits per heavy atom. The van der Waals surface area contributed by atoms with Gasteiger partial charge in [0, 0.05) is 22.6 Å². The Kier molecular flexibility index (Phi) is 3.81. The Morgan fingerprint density at radius 3 is 2.42 bits per heavy atom. The molecule has 4 nitrogen and oxygen atoms in total. The molecule has 0 atom stereocenters. The van der Waals surface area contributed by atoms with E-state index in [4.69, 9.17) is 4.42 Å². The van der Waals surface area contributed by atoms with Crippen LogP contribution >= 0.6 is 0 Å². The smallest absolute Gasteiger partial charge is 0.336 e. The highest BCUT2D eigenvalue weighted by Gasteiger charge is 2.21. The average molecular weight is 344 g/mol. The summed E-state index contributed by atoms with van der Waals surface area (Å²) in [6, 6.07) is 20.8. The number of nitrogens with zero attached hydrogens (tertiary/aromatic N) is 1. The molecule has 0 spiro atoms. The van der Waals surface area contributed by atoms with Gasteiger partial charge in [-0.25, -0.2) is 9.37 Å². The van der Waals surface area contributed by atoms with Crippen molar-refractivity contribution in [2.45, 2.75) is 0 Å². The minimum absolute atomic E-state index is 0.279. The summed E-state index contributed by atoms with van der Waals surface area (Å²) < 4.78 is 8.13. The molecule has 4 heteroatoms. The van der Waals surface area contributed by atoms with Crippen LogP contribution in [0.15, 0.2) is 71.1 Å². The standard InChI is InChI=1S/C22H17NO3/c1-23(2)14-11-12-18-20(13-14)26-19-10-6-5-9-17(19)21(18)15-7-3-4-8-16(15)22(24)25/h3-13H,1-2H3/p+1. The summed E-state index contributed by atoms with van der Waals surface area (Å²) in [6.45, 7) is 0. The van der Waals surface area contributed by atoms with Gasteiger partial charge in [-0.15, -0.1) is 0 Å². The molecule has 0 aromatic heterocycles. The van der Waals surface area contributed by atoms with Crippen molar-refractivity contribution in [3.63, 3.8) is 0 Å². The zero-order valence-corrected chi connectivity index (χ0v) is 14.6. The number of para-hydroxylation sites is 1. The number of hydrogen-bond donors (Lipinski definition) is 1. The largest absolute Gasteiger partial charge is 0.478 e. The summed E-state index contributed by atoms with van der Waals surface area (Å²) in [5.41, 5.74) is 3.47. The van der Waals surface area contributed by atoms with Gasteiger partial charge >= 0.3 is 5.97 Å². The molecule has 26 heavy (non-hydrogen) atoms. The van der Waals surface area contributed by atoms with Crippen LogP contribution in [0.1, 0.15) is 10.4 Å². The third kappa shape index (κ3) is 2.56. The Bertz CT molecular complexity index is 1180. The van der Waals surface area contributed by atoms with Crippen molar-refractivity contribution < 1.29 is 14.3 Å². The van der Waals surface area contributed by atoms with Crippen molar-refractivity contribution in [1.82, 2.24) is 4.58 Å². The van der Waals surface area contributed by atoms with Crippen molar-refractivity contribution in [3.8, 4) is 22.5 Å². The molecule has 0 unspecified atom stereocenters. The van der Waals surface area contributed by atoms with Crippen molar-refractivity contribution in [2.24, 2.45) is 0 Å². The molecule has 2 aromatic rings. The number of rotatable bonds is 2. The molecule has 0 bridgehead atoms. The Labute approximate surface area is 150 Å². The molecule has 1 aliphatic carbocycles. The SMILES string of the molecule is C[N+](C)=c1ccc2c(-c3ccccc3C(=O)O)c3ccccc3oc-2c1. The molecule has 4 rings (SSSR count). The number of fused-ring (bicyclic) bond motifs is 2. The summed E-state index contributed by atoms with van der Waals surface area (Å²) in [4.78, 5) is 11.8. The van der Waals surface area contributed by atoms with Crippen LogP contribution in [0.5, 0.6) is 0 Å². The molecule has 128 valence electrons. The fraction of sp³-hybridized carbons (Fsp3) is 0.0909. The lowest BCUT2D eigenvalue weighted by molar-refractivity contribution is 0.0697. The lowest BCUT2D eigenvalue weighted by Gasteiger charge is -2.16. The number of hydrogen-bond acceptors (Lipinski definition) is 2. The molecule has 0 radical (unpaired) electrons. The van der Waals surface area contributed by atoms with E-state index >= 15 is 0 Å². The van der Waals surface area contributed by atoms with Crippen molar-refractivity contribution >= 4 is 16.9 Å². The number of aromatic carboxylic acids is 1. The molecule has 0 saturated heterocycles. The maximum absolute atomic E-state index is 11.8. The van der Waals surface area contributed by atoms with E-state index in [0.29, 0.717) is 5.56 Å². The van der Waals surface area contributed by atoms with E-state index in [1.807, 2.05) is 73.3 Å². The fourth-order valence-corrected chi connectivity index (χ4v) is 3.28. The zero-order valence-electron chi connectivity index (χ0n) is 14.6. The minimum Gasteiger partial charge on any atom is -0.478 e. The van der Waals surface area contributed by atoms with E-state index in [1.165, 1.54) is 0 Å². The number of benzene rings is 3. The third-order valence-corrected chi connectivity index (χ3v) is 4.55. The van der Waals surface area contributed by atoms with Crippen LogP contribution < -0.4 is 9.93 Å². The molecule has 1 heterocycles. The summed E-state index contributed by atoms with van der Waals surface area (Å²) >= 11 is 0. The maximum atomic E-state index is 11.8. The van der Waals surface area contributed by atoms with Gasteiger partial charge in [-0.2, -0.15) is 0 Å². The van der Waals surface area contributed by atoms with Gasteiger partial charge in [0.05, 0.1) is 11.6 Å². The first-order valence-corrected chi connectivity index (χ1v) is 8.35. The lowest BCUT2D eigenvalue weighted by atomic mass is 9.91. The average Bonchev–Trinajstić information content (AvgIpc) is 2.65. The summed E-state index contributed by atoms with van der Waals surface area (Å²) in [6.07, 6.45) is 0. The van der Waals surface area contributed by atoms with Crippen LogP contribution in [-0.4, -0.2) is 25.2 Å². The lowest BCUT2D eigenvalue weighted by Crippen LogP contribution is -2.21. The van der Waals surface area contributed by atoms with Crippen molar-refractivity contribution in [1.29, 1.82) is 0 Å². The molecule has 1 N–H and O–H groups in total. The number of carboxylic acid groups (broad SMARTS) is 1. The van der Waals surface area contributed by atoms with Gasteiger partial charge in [-0.05, 0) is 23.8 Å². The topological polar surface area (TPSA) is 53.5 Å². The quantitative estimate of drug-likeness (QED) is 0.443. The van der Waals surface area contributed by atoms with Crippen LogP contribution in [0.2, 0.25) is 0 Å². The van der Waals surface area contributed by atoms with E-state index in [-0.39, 0.29) is 5.56 Å². The highest BCUT2D eigenvalue weighted by atomic mass is 16.4. The van der Waals surface area contributed by atoms with Crippen molar-refractivity contribution in [3.05, 3.63) is 77.7 Å². The molecule has 1 aliphatic heterocycles. The van der Waals surface area contributed by atoms with Gasteiger partial charge in [0.15, 0.2) is 0 Å². The van der Waals surface area contributed by atoms with Crippen LogP contribution in [0.4, 0.5) is 0 Å². The van der Waals surface area contributed by atoms with Gasteiger partial charge in [0.25, 0.3) is 0 Å². The van der Waals surface area contributed by atoms with Crippen LogP contribution in [-0.2, 0) is 0 Å². The van der Waals surface area contributed by atoms with E-state index in [0.717, 1.165) is 33.2 Å². The number of carboxylic acids is 1. The molecule has 2 aromatic carbocycles. The first-order valence-electron chi connectivity index (χ1n) is 8.35. The molecule has 0 saturated carbocycles. The molecule has 0 amide bonds. The molecular weight excluding hydrogens is 326 g/mol. The zero-order chi connectivity index (χ0) is 18.3. The highest BCUT2D eigenvalue weighted by Crippen LogP contribution is 2.40. The highest BCUT2D eigenvalue weighted by molar-refractivity contribution is 6.07. The van der Waals surface area contributed by atoms with Crippen molar-refractivity contribution in [2.75, 3.05) is 14.1 Å². The normalized spacial score (nSPS) is 11.0. The second kappa shape index (κ2) is 6.15. The van der Waals surface area contributed by atoms with E-state index in [9.17, 15) is 9.90 Å². The third-order valence-electron chi connectivity index (χ3n) is 4.55. The minimum atomic E-state index is -0.941. The predicted octanol–water partition coefficient (Wildman–Crippen LogP) is 3.93. The second-order valence-corrected chi connectivity index (χ2v) is 6.40. The Balaban J connectivity index is 2.20. The Hall–Kier alpha value is -3.40. The maximum Gasteiger partial charge on any atom is 0.336 e. The van der Waals surface area contributed by atoms with Gasteiger partial charge in [-0.3, -0.25) is 0 Å². The molecule has 2 aliphatic rings. The van der Waals surface area contributed by atoms with Gasteiger partial charge in [-0.1, -0.05) is 36.4 Å². The summed E-state index contributed by atoms with van der Waals surface area (Å²) in [5.74, 6) is -0.214. The molecular formula is C22H18NO3+. The first kappa shape index (κ1) is 16.1. The first-order chi connectivity index (χ1) is 12.6. The van der Waals surface area contributed by atoms with E-state index in [2.05, 4.69) is 0 Å². The summed E-state index contributed by atoms with van der Waals surface area (Å²) in [7, 11) is 3.95. The number of carbonyl (C=O) groups is 1. The van der Waals surface area contributed by atoms with E-state index in [1.54, 1.807) is 12.1 Å². The van der Waals surface area contributed by atoms with Gasteiger partial charge < -0.3 is 9.52 Å². The Morgan fingerprint density at radius 2 is 1.65 bits per heavy atom.